The number of halogens is 1. The first-order valence-electron chi connectivity index (χ1n) is 7.57. The van der Waals surface area contributed by atoms with Crippen molar-refractivity contribution in [2.24, 2.45) is 5.73 Å². The van der Waals surface area contributed by atoms with Crippen LogP contribution in [-0.4, -0.2) is 35.7 Å². The fourth-order valence-electron chi connectivity index (χ4n) is 2.54. The van der Waals surface area contributed by atoms with E-state index in [0.717, 1.165) is 13.0 Å². The molecule has 0 heterocycles. The van der Waals surface area contributed by atoms with Crippen LogP contribution >= 0.6 is 0 Å². The topological polar surface area (TPSA) is 49.5 Å². The monoisotopic (exact) mass is 290 g/mol. The van der Waals surface area contributed by atoms with Gasteiger partial charge in [0.05, 0.1) is 6.54 Å². The van der Waals surface area contributed by atoms with Gasteiger partial charge in [-0.25, -0.2) is 4.39 Å². The van der Waals surface area contributed by atoms with E-state index in [9.17, 15) is 4.39 Å². The highest BCUT2D eigenvalue weighted by Crippen LogP contribution is 2.27. The van der Waals surface area contributed by atoms with Gasteiger partial charge in [0.25, 0.3) is 0 Å². The van der Waals surface area contributed by atoms with E-state index in [-0.39, 0.29) is 19.0 Å². The van der Waals surface area contributed by atoms with Crippen LogP contribution in [0.5, 0.6) is 0 Å². The molecule has 1 aromatic carbocycles. The van der Waals surface area contributed by atoms with Crippen LogP contribution in [0.25, 0.3) is 0 Å². The summed E-state index contributed by atoms with van der Waals surface area (Å²) < 4.78 is 14.2. The Morgan fingerprint density at radius 2 is 2.19 bits per heavy atom. The third-order valence-corrected chi connectivity index (χ3v) is 3.96. The van der Waals surface area contributed by atoms with Gasteiger partial charge in [0, 0.05) is 36.9 Å². The van der Waals surface area contributed by atoms with Crippen molar-refractivity contribution in [1.29, 1.82) is 0 Å². The lowest BCUT2D eigenvalue weighted by Crippen LogP contribution is -2.40. The SMILES string of the molecule is NCC#Cc1ccc(CN(CCCO)C2CCC2)c(F)c1. The molecule has 0 atom stereocenters. The molecule has 114 valence electrons. The highest BCUT2D eigenvalue weighted by Gasteiger charge is 2.25. The Morgan fingerprint density at radius 3 is 2.76 bits per heavy atom. The van der Waals surface area contributed by atoms with Crippen molar-refractivity contribution < 1.29 is 9.50 Å². The summed E-state index contributed by atoms with van der Waals surface area (Å²) >= 11 is 0. The predicted molar refractivity (Wildman–Crippen MR) is 82.1 cm³/mol. The van der Waals surface area contributed by atoms with E-state index in [4.69, 9.17) is 10.8 Å². The lowest BCUT2D eigenvalue weighted by atomic mass is 9.91. The van der Waals surface area contributed by atoms with E-state index in [1.165, 1.54) is 25.3 Å². The van der Waals surface area contributed by atoms with Crippen LogP contribution in [-0.2, 0) is 6.54 Å². The molecule has 4 heteroatoms. The summed E-state index contributed by atoms with van der Waals surface area (Å²) in [5.41, 5.74) is 6.67. The van der Waals surface area contributed by atoms with Gasteiger partial charge < -0.3 is 10.8 Å². The molecule has 21 heavy (non-hydrogen) atoms. The second-order valence-electron chi connectivity index (χ2n) is 5.44. The van der Waals surface area contributed by atoms with Crippen LogP contribution in [0.15, 0.2) is 18.2 Å². The fourth-order valence-corrected chi connectivity index (χ4v) is 2.54. The highest BCUT2D eigenvalue weighted by atomic mass is 19.1. The minimum Gasteiger partial charge on any atom is -0.396 e. The van der Waals surface area contributed by atoms with E-state index in [0.29, 0.717) is 23.7 Å². The normalized spacial score (nSPS) is 14.7. The summed E-state index contributed by atoms with van der Waals surface area (Å²) in [6.45, 7) is 1.87. The summed E-state index contributed by atoms with van der Waals surface area (Å²) in [6, 6.07) is 5.66. The van der Waals surface area contributed by atoms with Gasteiger partial charge in [-0.1, -0.05) is 24.3 Å². The molecule has 1 saturated carbocycles. The molecule has 0 unspecified atom stereocenters. The van der Waals surface area contributed by atoms with Gasteiger partial charge in [-0.05, 0) is 31.4 Å². The maximum atomic E-state index is 14.2. The molecule has 0 aromatic heterocycles. The van der Waals surface area contributed by atoms with Crippen molar-refractivity contribution in [1.82, 2.24) is 4.90 Å². The van der Waals surface area contributed by atoms with Gasteiger partial charge in [-0.2, -0.15) is 0 Å². The van der Waals surface area contributed by atoms with E-state index >= 15 is 0 Å². The third kappa shape index (κ3) is 4.53. The maximum absolute atomic E-state index is 14.2. The molecule has 1 aliphatic carbocycles. The van der Waals surface area contributed by atoms with Crippen LogP contribution in [0.3, 0.4) is 0 Å². The van der Waals surface area contributed by atoms with Crippen molar-refractivity contribution in [3.63, 3.8) is 0 Å². The minimum absolute atomic E-state index is 0.180. The first-order valence-corrected chi connectivity index (χ1v) is 7.57. The standard InChI is InChI=1S/C17H23FN2O/c18-17-12-14(4-2-9-19)7-8-15(17)13-20(10-3-11-21)16-5-1-6-16/h7-8,12,16,21H,1,3,5-6,9-11,13,19H2. The van der Waals surface area contributed by atoms with Gasteiger partial charge >= 0.3 is 0 Å². The van der Waals surface area contributed by atoms with E-state index in [2.05, 4.69) is 16.7 Å². The Morgan fingerprint density at radius 1 is 1.38 bits per heavy atom. The molecule has 1 aliphatic rings. The molecule has 0 bridgehead atoms. The molecule has 1 fully saturated rings. The molecule has 0 spiro atoms. The Balaban J connectivity index is 2.05. The zero-order chi connectivity index (χ0) is 15.1. The summed E-state index contributed by atoms with van der Waals surface area (Å²) in [4.78, 5) is 2.28. The van der Waals surface area contributed by atoms with Crippen molar-refractivity contribution in [3.05, 3.63) is 35.1 Å². The lowest BCUT2D eigenvalue weighted by molar-refractivity contribution is 0.108. The zero-order valence-electron chi connectivity index (χ0n) is 12.3. The Labute approximate surface area is 125 Å². The molecule has 0 saturated heterocycles. The number of benzene rings is 1. The molecule has 1 aromatic rings. The summed E-state index contributed by atoms with van der Waals surface area (Å²) in [7, 11) is 0. The molecule has 0 amide bonds. The van der Waals surface area contributed by atoms with Crippen LogP contribution in [0.1, 0.15) is 36.8 Å². The van der Waals surface area contributed by atoms with E-state index in [1.54, 1.807) is 6.07 Å². The summed E-state index contributed by atoms with van der Waals surface area (Å²) in [5.74, 6) is 5.36. The second kappa shape index (κ2) is 8.14. The van der Waals surface area contributed by atoms with E-state index in [1.807, 2.05) is 6.07 Å². The van der Waals surface area contributed by atoms with Crippen molar-refractivity contribution in [2.75, 3.05) is 19.7 Å². The van der Waals surface area contributed by atoms with Crippen molar-refractivity contribution in [2.45, 2.75) is 38.3 Å². The Bertz CT molecular complexity index is 517. The largest absolute Gasteiger partial charge is 0.396 e. The average molecular weight is 290 g/mol. The van der Waals surface area contributed by atoms with Gasteiger partial charge in [-0.15, -0.1) is 0 Å². The van der Waals surface area contributed by atoms with Crippen molar-refractivity contribution >= 4 is 0 Å². The molecule has 0 radical (unpaired) electrons. The number of aliphatic hydroxyl groups excluding tert-OH is 1. The summed E-state index contributed by atoms with van der Waals surface area (Å²) in [6.07, 6.45) is 4.33. The quantitative estimate of drug-likeness (QED) is 0.786. The molecule has 3 N–H and O–H groups in total. The first-order chi connectivity index (χ1) is 10.2. The van der Waals surface area contributed by atoms with E-state index < -0.39 is 0 Å². The number of hydrogen-bond acceptors (Lipinski definition) is 3. The number of aliphatic hydroxyl groups is 1. The van der Waals surface area contributed by atoms with Gasteiger partial charge in [-0.3, -0.25) is 4.90 Å². The molecule has 2 rings (SSSR count). The van der Waals surface area contributed by atoms with Crippen LogP contribution in [0.4, 0.5) is 4.39 Å². The lowest BCUT2D eigenvalue weighted by Gasteiger charge is -2.37. The van der Waals surface area contributed by atoms with Crippen LogP contribution in [0.2, 0.25) is 0 Å². The van der Waals surface area contributed by atoms with Crippen LogP contribution < -0.4 is 5.73 Å². The second-order valence-corrected chi connectivity index (χ2v) is 5.44. The van der Waals surface area contributed by atoms with Gasteiger partial charge in [0.15, 0.2) is 0 Å². The zero-order valence-corrected chi connectivity index (χ0v) is 12.3. The molecule has 0 aliphatic heterocycles. The number of rotatable bonds is 6. The third-order valence-electron chi connectivity index (χ3n) is 3.96. The predicted octanol–water partition coefficient (Wildman–Crippen LogP) is 1.87. The number of nitrogens with zero attached hydrogens (tertiary/aromatic N) is 1. The molecular weight excluding hydrogens is 267 g/mol. The maximum Gasteiger partial charge on any atom is 0.128 e. The number of hydrogen-bond donors (Lipinski definition) is 2. The average Bonchev–Trinajstić information content (AvgIpc) is 2.43. The highest BCUT2D eigenvalue weighted by molar-refractivity contribution is 5.37. The number of nitrogens with two attached hydrogens (primary N) is 1. The Hall–Kier alpha value is -1.41. The minimum atomic E-state index is -0.216. The molecular formula is C17H23FN2O. The first kappa shape index (κ1) is 16.0. The van der Waals surface area contributed by atoms with Gasteiger partial charge in [0.1, 0.15) is 5.82 Å². The summed E-state index contributed by atoms with van der Waals surface area (Å²) in [5, 5.41) is 9.00. The van der Waals surface area contributed by atoms with Gasteiger partial charge in [0.2, 0.25) is 0 Å². The molecule has 3 nitrogen and oxygen atoms in total. The fraction of sp³-hybridized carbons (Fsp3) is 0.529. The van der Waals surface area contributed by atoms with Crippen LogP contribution in [0, 0.1) is 17.7 Å². The Kier molecular flexibility index (Phi) is 6.19. The smallest absolute Gasteiger partial charge is 0.128 e. The van der Waals surface area contributed by atoms with Crippen molar-refractivity contribution in [3.8, 4) is 11.8 Å².